The van der Waals surface area contributed by atoms with Gasteiger partial charge in [-0.25, -0.2) is 0 Å². The van der Waals surface area contributed by atoms with E-state index < -0.39 is 0 Å². The molecule has 0 fully saturated rings. The van der Waals surface area contributed by atoms with Gasteiger partial charge in [-0.3, -0.25) is 9.79 Å². The lowest BCUT2D eigenvalue weighted by Crippen LogP contribution is -2.43. The molecule has 0 saturated heterocycles. The Morgan fingerprint density at radius 2 is 2.17 bits per heavy atom. The van der Waals surface area contributed by atoms with Crippen LogP contribution in [-0.4, -0.2) is 29.7 Å². The molecule has 1 heterocycles. The van der Waals surface area contributed by atoms with Gasteiger partial charge in [-0.2, -0.15) is 4.99 Å². The van der Waals surface area contributed by atoms with E-state index in [0.29, 0.717) is 19.0 Å². The number of amides is 1. The number of nitrogens with two attached hydrogens (primary N) is 1. The highest BCUT2D eigenvalue weighted by Crippen LogP contribution is 2.33. The molecule has 0 atom stereocenters. The van der Waals surface area contributed by atoms with Crippen molar-refractivity contribution in [2.45, 2.75) is 33.1 Å². The van der Waals surface area contributed by atoms with Crippen molar-refractivity contribution in [3.8, 4) is 0 Å². The number of fused-ring (bicyclic) bond motifs is 1. The second-order valence-electron chi connectivity index (χ2n) is 6.14. The molecule has 0 spiro atoms. The van der Waals surface area contributed by atoms with Gasteiger partial charge < -0.3 is 16.4 Å². The topological polar surface area (TPSA) is 91.9 Å². The van der Waals surface area contributed by atoms with Gasteiger partial charge in [-0.05, 0) is 53.0 Å². The Hall–Kier alpha value is -1.89. The number of nitrogens with zero attached hydrogens (tertiary/aromatic N) is 2. The summed E-state index contributed by atoms with van der Waals surface area (Å²) >= 11 is 3.12. The maximum Gasteiger partial charge on any atom is 0.251 e. The minimum absolute atomic E-state index is 0.0286. The molecule has 0 bridgehead atoms. The monoisotopic (exact) mass is 379 g/mol. The van der Waals surface area contributed by atoms with Crippen molar-refractivity contribution in [1.29, 1.82) is 0 Å². The van der Waals surface area contributed by atoms with Crippen LogP contribution in [0.4, 0.5) is 5.69 Å². The molecular formula is C16H22BrN5O. The first-order chi connectivity index (χ1) is 10.7. The maximum absolute atomic E-state index is 12.1. The SMILES string of the molecule is CCN=C(/N=C(\N)Br)Nc1cc2c(cc1C)C(=O)NCC2(C)C. The highest BCUT2D eigenvalue weighted by Gasteiger charge is 2.32. The number of carbonyl (C=O) groups is 1. The van der Waals surface area contributed by atoms with Gasteiger partial charge >= 0.3 is 0 Å². The second-order valence-corrected chi connectivity index (χ2v) is 6.95. The zero-order valence-electron chi connectivity index (χ0n) is 13.8. The smallest absolute Gasteiger partial charge is 0.251 e. The normalized spacial score (nSPS) is 17.5. The number of guanidine groups is 1. The van der Waals surface area contributed by atoms with Crippen LogP contribution < -0.4 is 16.4 Å². The lowest BCUT2D eigenvalue weighted by Gasteiger charge is -2.33. The van der Waals surface area contributed by atoms with Crippen molar-refractivity contribution in [3.05, 3.63) is 28.8 Å². The van der Waals surface area contributed by atoms with Crippen LogP contribution >= 0.6 is 15.9 Å². The third kappa shape index (κ3) is 3.90. The van der Waals surface area contributed by atoms with E-state index in [9.17, 15) is 4.79 Å². The molecule has 4 N–H and O–H groups in total. The van der Waals surface area contributed by atoms with Crippen molar-refractivity contribution in [2.75, 3.05) is 18.4 Å². The van der Waals surface area contributed by atoms with Crippen LogP contribution in [0.25, 0.3) is 0 Å². The van der Waals surface area contributed by atoms with Gasteiger partial charge in [-0.15, -0.1) is 0 Å². The minimum Gasteiger partial charge on any atom is -0.378 e. The summed E-state index contributed by atoms with van der Waals surface area (Å²) in [4.78, 5) is 20.5. The van der Waals surface area contributed by atoms with E-state index in [1.54, 1.807) is 0 Å². The Bertz CT molecular complexity index is 690. The fourth-order valence-electron chi connectivity index (χ4n) is 2.56. The first kappa shape index (κ1) is 17.5. The first-order valence-corrected chi connectivity index (χ1v) is 8.28. The summed E-state index contributed by atoms with van der Waals surface area (Å²) in [6.07, 6.45) is 0. The van der Waals surface area contributed by atoms with E-state index in [4.69, 9.17) is 5.73 Å². The van der Waals surface area contributed by atoms with Crippen molar-refractivity contribution < 1.29 is 4.79 Å². The summed E-state index contributed by atoms with van der Waals surface area (Å²) in [5.41, 5.74) is 9.01. The second kappa shape index (κ2) is 6.70. The summed E-state index contributed by atoms with van der Waals surface area (Å²) in [7, 11) is 0. The molecule has 0 aliphatic carbocycles. The molecule has 7 heteroatoms. The molecule has 1 aliphatic rings. The van der Waals surface area contributed by atoms with Crippen molar-refractivity contribution in [3.63, 3.8) is 0 Å². The largest absolute Gasteiger partial charge is 0.378 e. The Morgan fingerprint density at radius 3 is 2.78 bits per heavy atom. The molecule has 0 radical (unpaired) electrons. The lowest BCUT2D eigenvalue weighted by molar-refractivity contribution is 0.0930. The van der Waals surface area contributed by atoms with Gasteiger partial charge in [-0.1, -0.05) is 13.8 Å². The van der Waals surface area contributed by atoms with Crippen molar-refractivity contribution >= 4 is 38.2 Å². The average molecular weight is 380 g/mol. The van der Waals surface area contributed by atoms with E-state index in [1.165, 1.54) is 0 Å². The molecular weight excluding hydrogens is 358 g/mol. The van der Waals surface area contributed by atoms with Crippen LogP contribution in [0.15, 0.2) is 22.1 Å². The number of halogens is 1. The van der Waals surface area contributed by atoms with Crippen LogP contribution in [0.3, 0.4) is 0 Å². The quantitative estimate of drug-likeness (QED) is 0.418. The first-order valence-electron chi connectivity index (χ1n) is 7.49. The minimum atomic E-state index is -0.132. The van der Waals surface area contributed by atoms with Gasteiger partial charge in [0.2, 0.25) is 5.96 Å². The fraction of sp³-hybridized carbons (Fsp3) is 0.438. The summed E-state index contributed by atoms with van der Waals surface area (Å²) in [5.74, 6) is 0.405. The van der Waals surface area contributed by atoms with E-state index >= 15 is 0 Å². The van der Waals surface area contributed by atoms with Gasteiger partial charge in [0.05, 0.1) is 0 Å². The standard InChI is InChI=1S/C16H22BrN5O/c1-5-19-15(22-14(17)18)21-12-7-11-10(6-9(12)2)13(23)20-8-16(11,3)4/h6-7H,5,8H2,1-4H3,(H,20,23)(H3,18,19,21,22). The third-order valence-corrected chi connectivity index (χ3v) is 3.97. The number of nitrogens with one attached hydrogen (secondary N) is 2. The summed E-state index contributed by atoms with van der Waals surface area (Å²) in [5, 5.41) is 6.14. The molecule has 1 aromatic rings. The van der Waals surface area contributed by atoms with E-state index in [1.807, 2.05) is 26.0 Å². The lowest BCUT2D eigenvalue weighted by atomic mass is 9.78. The van der Waals surface area contributed by atoms with Crippen LogP contribution in [0.5, 0.6) is 0 Å². The average Bonchev–Trinajstić information content (AvgIpc) is 2.44. The summed E-state index contributed by atoms with van der Waals surface area (Å²) in [6.45, 7) is 9.30. The number of aryl methyl sites for hydroxylation is 1. The molecule has 1 amide bonds. The number of hydrogen-bond donors (Lipinski definition) is 3. The van der Waals surface area contributed by atoms with Gasteiger partial charge in [0.25, 0.3) is 5.91 Å². The number of carbonyl (C=O) groups excluding carboxylic acids is 1. The number of hydrogen-bond acceptors (Lipinski definition) is 2. The van der Waals surface area contributed by atoms with Gasteiger partial charge in [0.15, 0.2) is 4.74 Å². The highest BCUT2D eigenvalue weighted by atomic mass is 79.9. The van der Waals surface area contributed by atoms with Crippen LogP contribution in [0.1, 0.15) is 42.3 Å². The molecule has 23 heavy (non-hydrogen) atoms. The number of anilines is 1. The zero-order chi connectivity index (χ0) is 17.2. The van der Waals surface area contributed by atoms with Crippen LogP contribution in [-0.2, 0) is 5.41 Å². The summed E-state index contributed by atoms with van der Waals surface area (Å²) in [6, 6.07) is 3.91. The van der Waals surface area contributed by atoms with E-state index in [-0.39, 0.29) is 16.1 Å². The molecule has 0 unspecified atom stereocenters. The molecule has 1 aromatic carbocycles. The number of benzene rings is 1. The Morgan fingerprint density at radius 1 is 1.48 bits per heavy atom. The number of rotatable bonds is 2. The van der Waals surface area contributed by atoms with Crippen LogP contribution in [0.2, 0.25) is 0 Å². The highest BCUT2D eigenvalue weighted by molar-refractivity contribution is 9.18. The molecule has 2 rings (SSSR count). The Kier molecular flexibility index (Phi) is 5.09. The Balaban J connectivity index is 2.47. The number of aliphatic imine (C=N–C) groups is 2. The van der Waals surface area contributed by atoms with Crippen LogP contribution in [0, 0.1) is 6.92 Å². The third-order valence-electron chi connectivity index (χ3n) is 3.80. The molecule has 6 nitrogen and oxygen atoms in total. The predicted molar refractivity (Wildman–Crippen MR) is 98.7 cm³/mol. The number of amidine groups is 1. The Labute approximate surface area is 144 Å². The van der Waals surface area contributed by atoms with Gasteiger partial charge in [0.1, 0.15) is 0 Å². The molecule has 0 saturated carbocycles. The van der Waals surface area contributed by atoms with Crippen molar-refractivity contribution in [1.82, 2.24) is 5.32 Å². The maximum atomic E-state index is 12.1. The zero-order valence-corrected chi connectivity index (χ0v) is 15.4. The van der Waals surface area contributed by atoms with Gasteiger partial charge in [0, 0.05) is 29.8 Å². The predicted octanol–water partition coefficient (Wildman–Crippen LogP) is 2.51. The van der Waals surface area contributed by atoms with E-state index in [0.717, 1.165) is 22.4 Å². The van der Waals surface area contributed by atoms with E-state index in [2.05, 4.69) is 50.4 Å². The summed E-state index contributed by atoms with van der Waals surface area (Å²) < 4.78 is 0.257. The molecule has 1 aliphatic heterocycles. The van der Waals surface area contributed by atoms with Crippen molar-refractivity contribution in [2.24, 2.45) is 15.7 Å². The fourth-order valence-corrected chi connectivity index (χ4v) is 2.72. The molecule has 0 aromatic heterocycles. The molecule has 124 valence electrons.